The maximum absolute atomic E-state index is 12.5. The molecule has 2 N–H and O–H groups in total. The summed E-state index contributed by atoms with van der Waals surface area (Å²) in [5, 5.41) is 11.5. The third kappa shape index (κ3) is 3.28. The van der Waals surface area contributed by atoms with Gasteiger partial charge < -0.3 is 10.4 Å². The van der Waals surface area contributed by atoms with Crippen molar-refractivity contribution in [1.29, 1.82) is 0 Å². The summed E-state index contributed by atoms with van der Waals surface area (Å²) in [5.74, 6) is -0.982. The molecule has 82 valence electrons. The molecule has 0 fully saturated rings. The van der Waals surface area contributed by atoms with E-state index in [4.69, 9.17) is 5.11 Å². The third-order valence-corrected chi connectivity index (χ3v) is 2.04. The van der Waals surface area contributed by atoms with Crippen molar-refractivity contribution in [2.45, 2.75) is 19.4 Å². The van der Waals surface area contributed by atoms with Gasteiger partial charge in [0.05, 0.1) is 18.2 Å². The molecule has 0 bridgehead atoms. The van der Waals surface area contributed by atoms with Crippen LogP contribution in [0.3, 0.4) is 0 Å². The van der Waals surface area contributed by atoms with E-state index in [1.807, 2.05) is 6.92 Å². The number of aliphatic hydroxyl groups excluding tert-OH is 1. The molecule has 0 unspecified atom stereocenters. The molecule has 0 radical (unpaired) electrons. The second-order valence-corrected chi connectivity index (χ2v) is 3.13. The number of carbonyl (C=O) groups is 1. The molecule has 0 saturated carbocycles. The lowest BCUT2D eigenvalue weighted by atomic mass is 10.2. The molecule has 15 heavy (non-hydrogen) atoms. The summed E-state index contributed by atoms with van der Waals surface area (Å²) in [6.45, 7) is 1.74. The Morgan fingerprint density at radius 1 is 1.67 bits per heavy atom. The van der Waals surface area contributed by atoms with Gasteiger partial charge in [0.2, 0.25) is 5.95 Å². The molecule has 0 aliphatic carbocycles. The topological polar surface area (TPSA) is 62.2 Å². The summed E-state index contributed by atoms with van der Waals surface area (Å²) in [5.41, 5.74) is 0.281. The van der Waals surface area contributed by atoms with Crippen molar-refractivity contribution < 1.29 is 14.3 Å². The van der Waals surface area contributed by atoms with E-state index in [1.165, 1.54) is 6.07 Å². The molecular formula is C10H13FN2O2. The van der Waals surface area contributed by atoms with Crippen LogP contribution in [0.2, 0.25) is 0 Å². The fourth-order valence-electron chi connectivity index (χ4n) is 1.06. The van der Waals surface area contributed by atoms with Crippen molar-refractivity contribution in [2.75, 3.05) is 6.61 Å². The highest BCUT2D eigenvalue weighted by atomic mass is 19.1. The minimum atomic E-state index is -0.624. The van der Waals surface area contributed by atoms with Crippen molar-refractivity contribution in [3.63, 3.8) is 0 Å². The molecule has 0 saturated heterocycles. The van der Waals surface area contributed by atoms with Crippen LogP contribution in [0.1, 0.15) is 23.7 Å². The summed E-state index contributed by atoms with van der Waals surface area (Å²) in [6.07, 6.45) is 1.80. The van der Waals surface area contributed by atoms with Gasteiger partial charge in [0.1, 0.15) is 0 Å². The first-order valence-electron chi connectivity index (χ1n) is 4.70. The summed E-state index contributed by atoms with van der Waals surface area (Å²) < 4.78 is 12.5. The Hall–Kier alpha value is -1.49. The summed E-state index contributed by atoms with van der Waals surface area (Å²) >= 11 is 0. The minimum Gasteiger partial charge on any atom is -0.394 e. The number of nitrogens with zero attached hydrogens (tertiary/aromatic N) is 1. The fourth-order valence-corrected chi connectivity index (χ4v) is 1.06. The lowest BCUT2D eigenvalue weighted by Gasteiger charge is -2.13. The monoisotopic (exact) mass is 212 g/mol. The Kier molecular flexibility index (Phi) is 4.17. The van der Waals surface area contributed by atoms with E-state index in [9.17, 15) is 9.18 Å². The lowest BCUT2D eigenvalue weighted by Crippen LogP contribution is -2.36. The van der Waals surface area contributed by atoms with Gasteiger partial charge in [-0.1, -0.05) is 6.92 Å². The molecule has 0 aliphatic heterocycles. The van der Waals surface area contributed by atoms with Crippen LogP contribution >= 0.6 is 0 Å². The van der Waals surface area contributed by atoms with Gasteiger partial charge in [0.15, 0.2) is 0 Å². The zero-order chi connectivity index (χ0) is 11.3. The van der Waals surface area contributed by atoms with Gasteiger partial charge in [-0.3, -0.25) is 4.79 Å². The number of aromatic nitrogens is 1. The molecule has 1 rings (SSSR count). The number of nitrogens with one attached hydrogen (secondary N) is 1. The largest absolute Gasteiger partial charge is 0.394 e. The molecule has 1 amide bonds. The predicted octanol–water partition coefficient (Wildman–Crippen LogP) is 0.721. The molecule has 1 atom stereocenters. The zero-order valence-corrected chi connectivity index (χ0v) is 8.40. The van der Waals surface area contributed by atoms with E-state index in [1.54, 1.807) is 0 Å². The average Bonchev–Trinajstić information content (AvgIpc) is 2.26. The van der Waals surface area contributed by atoms with Gasteiger partial charge in [-0.25, -0.2) is 4.98 Å². The van der Waals surface area contributed by atoms with Gasteiger partial charge in [-0.2, -0.15) is 4.39 Å². The van der Waals surface area contributed by atoms with Crippen molar-refractivity contribution in [2.24, 2.45) is 0 Å². The minimum absolute atomic E-state index is 0.114. The summed E-state index contributed by atoms with van der Waals surface area (Å²) in [4.78, 5) is 14.9. The number of amides is 1. The van der Waals surface area contributed by atoms with Crippen LogP contribution in [0, 0.1) is 5.95 Å². The first kappa shape index (κ1) is 11.6. The predicted molar refractivity (Wildman–Crippen MR) is 52.8 cm³/mol. The standard InChI is InChI=1S/C10H13FN2O2/c1-2-8(6-14)13-10(15)7-3-4-9(11)12-5-7/h3-5,8,14H,2,6H2,1H3,(H,13,15)/t8-/m0/s1. The van der Waals surface area contributed by atoms with Crippen molar-refractivity contribution in [3.05, 3.63) is 29.8 Å². The van der Waals surface area contributed by atoms with Crippen molar-refractivity contribution in [3.8, 4) is 0 Å². The molecule has 1 heterocycles. The zero-order valence-electron chi connectivity index (χ0n) is 8.40. The number of hydrogen-bond acceptors (Lipinski definition) is 3. The number of halogens is 1. The number of aliphatic hydroxyl groups is 1. The highest BCUT2D eigenvalue weighted by molar-refractivity contribution is 5.93. The number of pyridine rings is 1. The van der Waals surface area contributed by atoms with Crippen molar-refractivity contribution in [1.82, 2.24) is 10.3 Å². The van der Waals surface area contributed by atoms with Gasteiger partial charge in [-0.15, -0.1) is 0 Å². The molecular weight excluding hydrogens is 199 g/mol. The highest BCUT2D eigenvalue weighted by Crippen LogP contribution is 2.00. The van der Waals surface area contributed by atoms with Crippen LogP contribution in [0.5, 0.6) is 0 Å². The average molecular weight is 212 g/mol. The van der Waals surface area contributed by atoms with Crippen LogP contribution in [-0.2, 0) is 0 Å². The Bertz CT molecular complexity index is 323. The van der Waals surface area contributed by atoms with Gasteiger partial charge in [0.25, 0.3) is 5.91 Å². The lowest BCUT2D eigenvalue weighted by molar-refractivity contribution is 0.0914. The number of rotatable bonds is 4. The maximum atomic E-state index is 12.5. The first-order chi connectivity index (χ1) is 7.17. The number of carbonyl (C=O) groups excluding carboxylic acids is 1. The van der Waals surface area contributed by atoms with Crippen molar-refractivity contribution >= 4 is 5.91 Å². The molecule has 0 aromatic carbocycles. The Balaban J connectivity index is 2.64. The second-order valence-electron chi connectivity index (χ2n) is 3.13. The molecule has 0 aliphatic rings. The molecule has 5 heteroatoms. The van der Waals surface area contributed by atoms with Crippen LogP contribution in [0.15, 0.2) is 18.3 Å². The van der Waals surface area contributed by atoms with Crippen LogP contribution in [-0.4, -0.2) is 28.6 Å². The smallest absolute Gasteiger partial charge is 0.253 e. The fraction of sp³-hybridized carbons (Fsp3) is 0.400. The van der Waals surface area contributed by atoms with E-state index < -0.39 is 5.95 Å². The third-order valence-electron chi connectivity index (χ3n) is 2.04. The number of hydrogen-bond donors (Lipinski definition) is 2. The van der Waals surface area contributed by atoms with Crippen LogP contribution in [0.25, 0.3) is 0 Å². The van der Waals surface area contributed by atoms with Gasteiger partial charge in [0, 0.05) is 6.20 Å². The summed E-state index contributed by atoms with van der Waals surface area (Å²) in [7, 11) is 0. The van der Waals surface area contributed by atoms with E-state index in [2.05, 4.69) is 10.3 Å². The Morgan fingerprint density at radius 2 is 2.40 bits per heavy atom. The van der Waals surface area contributed by atoms with Gasteiger partial charge in [-0.05, 0) is 18.6 Å². The molecule has 4 nitrogen and oxygen atoms in total. The summed E-state index contributed by atoms with van der Waals surface area (Å²) in [6, 6.07) is 2.19. The Morgan fingerprint density at radius 3 is 2.87 bits per heavy atom. The van der Waals surface area contributed by atoms with Crippen LogP contribution in [0.4, 0.5) is 4.39 Å². The Labute approximate surface area is 87.1 Å². The molecule has 1 aromatic rings. The van der Waals surface area contributed by atoms with E-state index in [-0.39, 0.29) is 24.1 Å². The normalized spacial score (nSPS) is 12.2. The SMILES string of the molecule is CC[C@@H](CO)NC(=O)c1ccc(F)nc1. The molecule has 0 spiro atoms. The second kappa shape index (κ2) is 5.41. The van der Waals surface area contributed by atoms with Gasteiger partial charge >= 0.3 is 0 Å². The van der Waals surface area contributed by atoms with E-state index in [0.29, 0.717) is 6.42 Å². The highest BCUT2D eigenvalue weighted by Gasteiger charge is 2.11. The van der Waals surface area contributed by atoms with E-state index in [0.717, 1.165) is 12.3 Å². The quantitative estimate of drug-likeness (QED) is 0.723. The van der Waals surface area contributed by atoms with E-state index >= 15 is 0 Å². The maximum Gasteiger partial charge on any atom is 0.253 e. The first-order valence-corrected chi connectivity index (χ1v) is 4.70. The van der Waals surface area contributed by atoms with Crippen LogP contribution < -0.4 is 5.32 Å². The molecule has 1 aromatic heterocycles.